The van der Waals surface area contributed by atoms with Gasteiger partial charge in [-0.2, -0.15) is 0 Å². The molecule has 0 amide bonds. The molecule has 4 aromatic rings. The average molecular weight is 640 g/mol. The number of rotatable bonds is 9. The quantitative estimate of drug-likeness (QED) is 0.219. The molecule has 0 unspecified atom stereocenters. The number of halogens is 2. The molecule has 0 fully saturated rings. The summed E-state index contributed by atoms with van der Waals surface area (Å²) in [5.74, 6) is 0.944. The smallest absolute Gasteiger partial charge is 0.338 e. The van der Waals surface area contributed by atoms with Crippen LogP contribution in [0.15, 0.2) is 81.7 Å². The van der Waals surface area contributed by atoms with Crippen molar-refractivity contribution in [3.8, 4) is 17.2 Å². The predicted octanol–water partition coefficient (Wildman–Crippen LogP) is 5.70. The van der Waals surface area contributed by atoms with Crippen molar-refractivity contribution in [2.24, 2.45) is 4.99 Å². The number of esters is 1. The van der Waals surface area contributed by atoms with Gasteiger partial charge >= 0.3 is 5.97 Å². The number of fused-ring (bicyclic) bond motifs is 1. The van der Waals surface area contributed by atoms with E-state index in [1.54, 1.807) is 62.4 Å². The first-order valence-electron chi connectivity index (χ1n) is 13.3. The molecular weight excluding hydrogens is 611 g/mol. The summed E-state index contributed by atoms with van der Waals surface area (Å²) < 4.78 is 24.3. The Morgan fingerprint density at radius 1 is 1.02 bits per heavy atom. The van der Waals surface area contributed by atoms with Crippen LogP contribution in [0.2, 0.25) is 10.0 Å². The maximum absolute atomic E-state index is 14.1. The van der Waals surface area contributed by atoms with Crippen molar-refractivity contribution in [2.75, 3.05) is 20.8 Å². The van der Waals surface area contributed by atoms with E-state index in [1.165, 1.54) is 30.1 Å². The predicted molar refractivity (Wildman–Crippen MR) is 167 cm³/mol. The molecule has 1 atom stereocenters. The third kappa shape index (κ3) is 6.20. The Morgan fingerprint density at radius 2 is 1.77 bits per heavy atom. The van der Waals surface area contributed by atoms with Crippen LogP contribution in [0.25, 0.3) is 6.08 Å². The molecule has 5 rings (SSSR count). The molecule has 0 aliphatic carbocycles. The van der Waals surface area contributed by atoms with Crippen molar-refractivity contribution in [1.29, 1.82) is 0 Å². The highest BCUT2D eigenvalue weighted by atomic mass is 35.5. The molecule has 1 aliphatic rings. The highest BCUT2D eigenvalue weighted by molar-refractivity contribution is 7.07. The fraction of sp³-hybridized carbons (Fsp3) is 0.219. The van der Waals surface area contributed by atoms with Crippen molar-refractivity contribution < 1.29 is 23.7 Å². The summed E-state index contributed by atoms with van der Waals surface area (Å²) in [5.41, 5.74) is 2.44. The third-order valence-corrected chi connectivity index (χ3v) is 8.43. The van der Waals surface area contributed by atoms with Crippen LogP contribution >= 0.6 is 34.5 Å². The topological polar surface area (TPSA) is 88.4 Å². The summed E-state index contributed by atoms with van der Waals surface area (Å²) in [4.78, 5) is 32.4. The van der Waals surface area contributed by atoms with Crippen molar-refractivity contribution in [3.63, 3.8) is 0 Å². The molecule has 1 aromatic heterocycles. The van der Waals surface area contributed by atoms with E-state index in [2.05, 4.69) is 4.99 Å². The molecule has 0 spiro atoms. The lowest BCUT2D eigenvalue weighted by molar-refractivity contribution is -0.139. The largest absolute Gasteiger partial charge is 0.493 e. The van der Waals surface area contributed by atoms with E-state index in [1.807, 2.05) is 18.2 Å². The molecule has 0 radical (unpaired) electrons. The van der Waals surface area contributed by atoms with Crippen LogP contribution in [0.1, 0.15) is 36.6 Å². The fourth-order valence-electron chi connectivity index (χ4n) is 4.81. The molecule has 3 aromatic carbocycles. The molecule has 0 bridgehead atoms. The number of allylic oxidation sites excluding steroid dienone is 1. The number of benzene rings is 3. The zero-order chi connectivity index (χ0) is 30.7. The zero-order valence-electron chi connectivity index (χ0n) is 23.9. The molecule has 222 valence electrons. The molecule has 2 heterocycles. The molecule has 43 heavy (non-hydrogen) atoms. The van der Waals surface area contributed by atoms with Crippen LogP contribution in [0.3, 0.4) is 0 Å². The van der Waals surface area contributed by atoms with Crippen molar-refractivity contribution in [1.82, 2.24) is 4.57 Å². The second-order valence-corrected chi connectivity index (χ2v) is 11.3. The van der Waals surface area contributed by atoms with E-state index >= 15 is 0 Å². The van der Waals surface area contributed by atoms with E-state index in [9.17, 15) is 9.59 Å². The van der Waals surface area contributed by atoms with Gasteiger partial charge in [-0.15, -0.1) is 0 Å². The van der Waals surface area contributed by atoms with E-state index in [-0.39, 0.29) is 24.3 Å². The van der Waals surface area contributed by atoms with Crippen LogP contribution in [-0.2, 0) is 16.1 Å². The van der Waals surface area contributed by atoms with E-state index in [0.717, 1.165) is 5.56 Å². The monoisotopic (exact) mass is 638 g/mol. The molecule has 0 N–H and O–H groups in total. The number of carbonyl (C=O) groups is 1. The number of ether oxygens (including phenoxy) is 4. The lowest BCUT2D eigenvalue weighted by atomic mass is 9.95. The van der Waals surface area contributed by atoms with E-state index < -0.39 is 12.0 Å². The van der Waals surface area contributed by atoms with Gasteiger partial charge in [0.2, 0.25) is 0 Å². The summed E-state index contributed by atoms with van der Waals surface area (Å²) >= 11 is 13.9. The normalized spacial score (nSPS) is 14.7. The summed E-state index contributed by atoms with van der Waals surface area (Å²) in [6.45, 7) is 3.86. The summed E-state index contributed by atoms with van der Waals surface area (Å²) in [5, 5.41) is 1.07. The van der Waals surface area contributed by atoms with Crippen molar-refractivity contribution >= 4 is 46.6 Å². The van der Waals surface area contributed by atoms with Crippen LogP contribution in [-0.4, -0.2) is 31.4 Å². The van der Waals surface area contributed by atoms with Crippen LogP contribution in [0.5, 0.6) is 17.2 Å². The number of methoxy groups -OCH3 is 2. The van der Waals surface area contributed by atoms with Crippen molar-refractivity contribution in [3.05, 3.63) is 118 Å². The molecular formula is C32H28Cl2N2O6S. The molecule has 0 saturated carbocycles. The second-order valence-electron chi connectivity index (χ2n) is 9.48. The first kappa shape index (κ1) is 30.4. The number of hydrogen-bond acceptors (Lipinski definition) is 8. The zero-order valence-corrected chi connectivity index (χ0v) is 26.2. The lowest BCUT2D eigenvalue weighted by Gasteiger charge is -2.25. The first-order valence-corrected chi connectivity index (χ1v) is 14.9. The minimum absolute atomic E-state index is 0.171. The molecule has 8 nitrogen and oxygen atoms in total. The van der Waals surface area contributed by atoms with Gasteiger partial charge in [0, 0.05) is 21.2 Å². The summed E-state index contributed by atoms with van der Waals surface area (Å²) in [6.07, 6.45) is 1.71. The summed E-state index contributed by atoms with van der Waals surface area (Å²) in [6, 6.07) is 17.1. The fourth-order valence-corrected chi connectivity index (χ4v) is 6.21. The third-order valence-electron chi connectivity index (χ3n) is 6.84. The Hall–Kier alpha value is -4.05. The highest BCUT2D eigenvalue weighted by Gasteiger charge is 2.34. The second kappa shape index (κ2) is 13.1. The van der Waals surface area contributed by atoms with Crippen LogP contribution in [0.4, 0.5) is 0 Å². The minimum atomic E-state index is -0.812. The Labute approximate surface area is 262 Å². The molecule has 1 aliphatic heterocycles. The van der Waals surface area contributed by atoms with Gasteiger partial charge in [0.05, 0.1) is 42.7 Å². The Morgan fingerprint density at radius 3 is 2.49 bits per heavy atom. The Bertz CT molecular complexity index is 1910. The van der Waals surface area contributed by atoms with E-state index in [0.29, 0.717) is 53.5 Å². The van der Waals surface area contributed by atoms with E-state index in [4.69, 9.17) is 42.1 Å². The first-order chi connectivity index (χ1) is 20.7. The maximum atomic E-state index is 14.1. The lowest BCUT2D eigenvalue weighted by Crippen LogP contribution is -2.40. The Balaban J connectivity index is 1.65. The van der Waals surface area contributed by atoms with Gasteiger partial charge in [-0.3, -0.25) is 9.36 Å². The SMILES string of the molecule is CCOC(=O)C1=C(C)N=c2sc(=Cc3cc(Cl)ccc3OCc3ccccc3Cl)c(=O)n2[C@H]1c1ccc(OC)c(OC)c1. The van der Waals surface area contributed by atoms with Crippen LogP contribution in [0, 0.1) is 0 Å². The number of hydrogen-bond donors (Lipinski definition) is 0. The van der Waals surface area contributed by atoms with Crippen molar-refractivity contribution in [2.45, 2.75) is 26.5 Å². The maximum Gasteiger partial charge on any atom is 0.338 e. The molecule has 11 heteroatoms. The number of thiazole rings is 1. The van der Waals surface area contributed by atoms with Gasteiger partial charge in [-0.1, -0.05) is 58.8 Å². The van der Waals surface area contributed by atoms with Gasteiger partial charge in [0.25, 0.3) is 5.56 Å². The van der Waals surface area contributed by atoms with Gasteiger partial charge < -0.3 is 18.9 Å². The van der Waals surface area contributed by atoms with Gasteiger partial charge in [-0.25, -0.2) is 9.79 Å². The number of nitrogens with zero attached hydrogens (tertiary/aromatic N) is 2. The number of carbonyl (C=O) groups excluding carboxylic acids is 1. The van der Waals surface area contributed by atoms with Gasteiger partial charge in [-0.05, 0) is 61.9 Å². The number of aromatic nitrogens is 1. The highest BCUT2D eigenvalue weighted by Crippen LogP contribution is 2.36. The summed E-state index contributed by atoms with van der Waals surface area (Å²) in [7, 11) is 3.06. The van der Waals surface area contributed by atoms with Gasteiger partial charge in [0.1, 0.15) is 12.4 Å². The Kier molecular flexibility index (Phi) is 9.25. The minimum Gasteiger partial charge on any atom is -0.493 e. The van der Waals surface area contributed by atoms with Crippen LogP contribution < -0.4 is 29.1 Å². The average Bonchev–Trinajstić information content (AvgIpc) is 3.30. The molecule has 0 saturated heterocycles. The standard InChI is InChI=1S/C32H28Cl2N2O6S/c1-5-41-31(38)28-18(2)35-32-36(29(28)19-10-12-25(39-3)26(15-19)40-4)30(37)27(43-32)16-21-14-22(33)11-13-24(21)42-17-20-8-6-7-9-23(20)34/h6-16,29H,5,17H2,1-4H3/t29-/m0/s1. The van der Waals surface area contributed by atoms with Gasteiger partial charge in [0.15, 0.2) is 16.3 Å².